The SMILES string of the molecule is Clc1ccc(SCc2nc(Nc3ccc(N4CCOCC4)cc3)c3c4c(sc3n2)CCC4)cc1. The first-order valence-corrected chi connectivity index (χ1v) is 13.8. The molecule has 0 atom stereocenters. The molecule has 1 aliphatic heterocycles. The van der Waals surface area contributed by atoms with E-state index in [1.165, 1.54) is 27.9 Å². The van der Waals surface area contributed by atoms with E-state index >= 15 is 0 Å². The Morgan fingerprint density at radius 1 is 1.00 bits per heavy atom. The third kappa shape index (κ3) is 4.62. The van der Waals surface area contributed by atoms with Crippen LogP contribution in [0, 0.1) is 0 Å². The lowest BCUT2D eigenvalue weighted by Crippen LogP contribution is -2.36. The summed E-state index contributed by atoms with van der Waals surface area (Å²) in [6.07, 6.45) is 3.49. The predicted octanol–water partition coefficient (Wildman–Crippen LogP) is 6.71. The standard InChI is InChI=1S/C26H25ClN4OS2/c27-17-4-10-20(11-5-17)33-16-23-29-25(24-21-2-1-3-22(21)34-26(24)30-23)28-18-6-8-19(9-7-18)31-12-14-32-15-13-31/h4-11H,1-3,12-16H2,(H,28,29,30). The fraction of sp³-hybridized carbons (Fsp3) is 0.308. The first kappa shape index (κ1) is 22.2. The van der Waals surface area contributed by atoms with Crippen LogP contribution in [0.25, 0.3) is 10.2 Å². The highest BCUT2D eigenvalue weighted by Crippen LogP contribution is 2.40. The number of morpholine rings is 1. The van der Waals surface area contributed by atoms with Gasteiger partial charge in [0.25, 0.3) is 0 Å². The maximum Gasteiger partial charge on any atom is 0.143 e. The summed E-state index contributed by atoms with van der Waals surface area (Å²) in [4.78, 5) is 16.0. The molecular weight excluding hydrogens is 484 g/mol. The van der Waals surface area contributed by atoms with Gasteiger partial charge in [0, 0.05) is 39.3 Å². The Kier molecular flexibility index (Phi) is 6.35. The molecule has 0 bridgehead atoms. The van der Waals surface area contributed by atoms with Crippen molar-refractivity contribution in [3.8, 4) is 0 Å². The first-order valence-electron chi connectivity index (χ1n) is 11.6. The highest BCUT2D eigenvalue weighted by molar-refractivity contribution is 7.98. The van der Waals surface area contributed by atoms with Crippen LogP contribution in [0.4, 0.5) is 17.2 Å². The van der Waals surface area contributed by atoms with Crippen LogP contribution in [0.1, 0.15) is 22.7 Å². The molecule has 2 aromatic carbocycles. The smallest absolute Gasteiger partial charge is 0.143 e. The van der Waals surface area contributed by atoms with E-state index in [0.29, 0.717) is 5.75 Å². The Bertz CT molecular complexity index is 1300. The van der Waals surface area contributed by atoms with Crippen molar-refractivity contribution in [2.24, 2.45) is 0 Å². The van der Waals surface area contributed by atoms with Gasteiger partial charge in [-0.15, -0.1) is 23.1 Å². The van der Waals surface area contributed by atoms with Crippen molar-refractivity contribution < 1.29 is 4.74 Å². The van der Waals surface area contributed by atoms with Gasteiger partial charge in [-0.05, 0) is 73.4 Å². The summed E-state index contributed by atoms with van der Waals surface area (Å²) in [5.41, 5.74) is 3.72. The number of thiophene rings is 1. The zero-order valence-electron chi connectivity index (χ0n) is 18.7. The van der Waals surface area contributed by atoms with Crippen molar-refractivity contribution in [3.63, 3.8) is 0 Å². The third-order valence-corrected chi connectivity index (χ3v) is 8.74. The van der Waals surface area contributed by atoms with Crippen molar-refractivity contribution in [3.05, 3.63) is 69.8 Å². The van der Waals surface area contributed by atoms with Gasteiger partial charge in [-0.2, -0.15) is 0 Å². The van der Waals surface area contributed by atoms with Crippen LogP contribution in [-0.2, 0) is 23.3 Å². The van der Waals surface area contributed by atoms with Crippen molar-refractivity contribution in [1.82, 2.24) is 9.97 Å². The van der Waals surface area contributed by atoms with Gasteiger partial charge in [0.15, 0.2) is 0 Å². The molecule has 1 aliphatic carbocycles. The van der Waals surface area contributed by atoms with E-state index in [4.69, 9.17) is 26.3 Å². The van der Waals surface area contributed by atoms with Crippen molar-refractivity contribution >= 4 is 62.1 Å². The molecule has 0 amide bonds. The summed E-state index contributed by atoms with van der Waals surface area (Å²) in [6.45, 7) is 3.46. The van der Waals surface area contributed by atoms with Crippen molar-refractivity contribution in [2.45, 2.75) is 29.9 Å². The van der Waals surface area contributed by atoms with Crippen LogP contribution < -0.4 is 10.2 Å². The third-order valence-electron chi connectivity index (χ3n) is 6.30. The fourth-order valence-corrected chi connectivity index (χ4v) is 6.75. The van der Waals surface area contributed by atoms with E-state index in [9.17, 15) is 0 Å². The molecule has 34 heavy (non-hydrogen) atoms. The predicted molar refractivity (Wildman–Crippen MR) is 143 cm³/mol. The minimum atomic E-state index is 0.713. The Labute approximate surface area is 212 Å². The molecule has 0 radical (unpaired) electrons. The molecule has 5 nitrogen and oxygen atoms in total. The van der Waals surface area contributed by atoms with Gasteiger partial charge in [0.1, 0.15) is 16.5 Å². The lowest BCUT2D eigenvalue weighted by Gasteiger charge is -2.28. The monoisotopic (exact) mass is 508 g/mol. The van der Waals surface area contributed by atoms with Gasteiger partial charge < -0.3 is 15.0 Å². The topological polar surface area (TPSA) is 50.3 Å². The molecule has 0 saturated carbocycles. The van der Waals surface area contributed by atoms with Gasteiger partial charge in [0.2, 0.25) is 0 Å². The maximum absolute atomic E-state index is 6.03. The number of thioether (sulfide) groups is 1. The number of aryl methyl sites for hydroxylation is 2. The number of rotatable bonds is 6. The number of nitrogens with one attached hydrogen (secondary N) is 1. The molecule has 6 rings (SSSR count). The second kappa shape index (κ2) is 9.74. The van der Waals surface area contributed by atoms with E-state index in [0.717, 1.165) is 71.2 Å². The molecule has 1 fully saturated rings. The highest BCUT2D eigenvalue weighted by Gasteiger charge is 2.22. The number of halogens is 1. The Morgan fingerprint density at radius 3 is 2.59 bits per heavy atom. The van der Waals surface area contributed by atoms with Crippen molar-refractivity contribution in [2.75, 3.05) is 36.5 Å². The fourth-order valence-electron chi connectivity index (χ4n) is 4.59. The van der Waals surface area contributed by atoms with Crippen LogP contribution in [0.5, 0.6) is 0 Å². The van der Waals surface area contributed by atoms with Gasteiger partial charge >= 0.3 is 0 Å². The molecule has 1 saturated heterocycles. The summed E-state index contributed by atoms with van der Waals surface area (Å²) in [7, 11) is 0. The number of benzene rings is 2. The van der Waals surface area contributed by atoms with Crippen molar-refractivity contribution in [1.29, 1.82) is 0 Å². The second-order valence-electron chi connectivity index (χ2n) is 8.54. The average molecular weight is 509 g/mol. The number of anilines is 3. The highest BCUT2D eigenvalue weighted by atomic mass is 35.5. The van der Waals surface area contributed by atoms with Crippen LogP contribution in [0.15, 0.2) is 53.4 Å². The van der Waals surface area contributed by atoms with Crippen LogP contribution in [0.3, 0.4) is 0 Å². The summed E-state index contributed by atoms with van der Waals surface area (Å²) in [5, 5.41) is 5.58. The largest absolute Gasteiger partial charge is 0.378 e. The van der Waals surface area contributed by atoms with Crippen LogP contribution >= 0.6 is 34.7 Å². The van der Waals surface area contributed by atoms with Gasteiger partial charge in [-0.1, -0.05) is 11.6 Å². The van der Waals surface area contributed by atoms with E-state index < -0.39 is 0 Å². The first-order chi connectivity index (χ1) is 16.7. The van der Waals surface area contributed by atoms with Gasteiger partial charge in [0.05, 0.1) is 24.4 Å². The van der Waals surface area contributed by atoms with E-state index in [1.807, 2.05) is 35.6 Å². The number of hydrogen-bond acceptors (Lipinski definition) is 7. The summed E-state index contributed by atoms with van der Waals surface area (Å²) in [5.74, 6) is 2.49. The Balaban J connectivity index is 1.28. The van der Waals surface area contributed by atoms with Gasteiger partial charge in [-0.25, -0.2) is 9.97 Å². The zero-order valence-corrected chi connectivity index (χ0v) is 21.1. The van der Waals surface area contributed by atoms with E-state index in [-0.39, 0.29) is 0 Å². The van der Waals surface area contributed by atoms with E-state index in [2.05, 4.69) is 34.5 Å². The molecule has 0 unspecified atom stereocenters. The number of ether oxygens (including phenoxy) is 1. The summed E-state index contributed by atoms with van der Waals surface area (Å²) >= 11 is 9.60. The minimum absolute atomic E-state index is 0.713. The Hall–Kier alpha value is -2.32. The van der Waals surface area contributed by atoms with Crippen LogP contribution in [-0.4, -0.2) is 36.3 Å². The molecule has 2 aliphatic rings. The second-order valence-corrected chi connectivity index (χ2v) is 11.1. The molecule has 8 heteroatoms. The Morgan fingerprint density at radius 2 is 1.79 bits per heavy atom. The van der Waals surface area contributed by atoms with Gasteiger partial charge in [-0.3, -0.25) is 0 Å². The number of hydrogen-bond donors (Lipinski definition) is 1. The number of fused-ring (bicyclic) bond motifs is 3. The lowest BCUT2D eigenvalue weighted by atomic mass is 10.2. The zero-order chi connectivity index (χ0) is 22.9. The normalized spacial score (nSPS) is 15.6. The number of aromatic nitrogens is 2. The molecule has 3 heterocycles. The molecule has 0 spiro atoms. The van der Waals surface area contributed by atoms with E-state index in [1.54, 1.807) is 11.8 Å². The molecular formula is C26H25ClN4OS2. The summed E-state index contributed by atoms with van der Waals surface area (Å²) < 4.78 is 5.48. The minimum Gasteiger partial charge on any atom is -0.378 e. The molecule has 174 valence electrons. The lowest BCUT2D eigenvalue weighted by molar-refractivity contribution is 0.122. The maximum atomic E-state index is 6.03. The number of nitrogens with zero attached hydrogens (tertiary/aromatic N) is 3. The molecule has 1 N–H and O–H groups in total. The summed E-state index contributed by atoms with van der Waals surface area (Å²) in [6, 6.07) is 16.6. The average Bonchev–Trinajstić information content (AvgIpc) is 3.46. The van der Waals surface area contributed by atoms with Crippen LogP contribution in [0.2, 0.25) is 5.02 Å². The quantitative estimate of drug-likeness (QED) is 0.292. The molecule has 4 aromatic rings. The molecule has 2 aromatic heterocycles.